The molecule has 2 fully saturated rings. The van der Waals surface area contributed by atoms with E-state index in [9.17, 15) is 38.1 Å². The number of nitrogens with one attached hydrogen (secondary N) is 1. The lowest BCUT2D eigenvalue weighted by atomic mass is 9.76. The number of halogens is 3. The molecule has 2 aliphatic heterocycles. The van der Waals surface area contributed by atoms with Crippen molar-refractivity contribution in [2.24, 2.45) is 0 Å². The fraction of sp³-hybridized carbons (Fsp3) is 0.542. The van der Waals surface area contributed by atoms with Crippen molar-refractivity contribution in [2.75, 3.05) is 26.2 Å². The standard InChI is InChI=1S/C24H30BF3N4O5/c1-23(2,32-9-8-24(27,28)15-32)11-17(12-29)21(33)31-13-18(26)19(14-31)37-22(34)30-20(25(35)36)10-16-6-4-3-5-7-16/h3-7,11,18-20,35-36H,8-10,13-15H2,1-2H3,(H,30,34)/t18-,19+,20+/m1/s1. The summed E-state index contributed by atoms with van der Waals surface area (Å²) >= 11 is 0. The molecule has 13 heteroatoms. The predicted molar refractivity (Wildman–Crippen MR) is 128 cm³/mol. The van der Waals surface area contributed by atoms with Gasteiger partial charge in [-0.05, 0) is 31.9 Å². The molecule has 1 aromatic rings. The maximum Gasteiger partial charge on any atom is 0.475 e. The van der Waals surface area contributed by atoms with Gasteiger partial charge in [0.15, 0.2) is 12.3 Å². The number of amides is 2. The number of hydrogen-bond donors (Lipinski definition) is 3. The lowest BCUT2D eigenvalue weighted by Crippen LogP contribution is -2.49. The highest BCUT2D eigenvalue weighted by molar-refractivity contribution is 6.43. The van der Waals surface area contributed by atoms with Gasteiger partial charge in [0.2, 0.25) is 0 Å². The van der Waals surface area contributed by atoms with E-state index >= 15 is 0 Å². The molecule has 9 nitrogen and oxygen atoms in total. The molecule has 2 amide bonds. The highest BCUT2D eigenvalue weighted by Gasteiger charge is 2.44. The van der Waals surface area contributed by atoms with Crippen LogP contribution >= 0.6 is 0 Å². The minimum Gasteiger partial charge on any atom is -0.441 e. The molecule has 0 aliphatic carbocycles. The molecular formula is C24H30BF3N4O5. The van der Waals surface area contributed by atoms with Crippen LogP contribution in [0.1, 0.15) is 25.8 Å². The second-order valence-electron chi connectivity index (χ2n) is 9.88. The number of nitriles is 1. The first kappa shape index (κ1) is 28.5. The van der Waals surface area contributed by atoms with Crippen molar-refractivity contribution in [3.05, 3.63) is 47.5 Å². The summed E-state index contributed by atoms with van der Waals surface area (Å²) in [6.45, 7) is 2.04. The first-order chi connectivity index (χ1) is 17.3. The molecule has 2 aliphatic rings. The average Bonchev–Trinajstić information content (AvgIpc) is 3.39. The van der Waals surface area contributed by atoms with Crippen LogP contribution in [-0.4, -0.2) is 94.8 Å². The Labute approximate surface area is 213 Å². The summed E-state index contributed by atoms with van der Waals surface area (Å²) < 4.78 is 47.1. The average molecular weight is 522 g/mol. The second kappa shape index (κ2) is 11.5. The Bertz CT molecular complexity index is 1050. The smallest absolute Gasteiger partial charge is 0.441 e. The molecule has 3 rings (SSSR count). The van der Waals surface area contributed by atoms with E-state index in [0.717, 1.165) is 10.5 Å². The van der Waals surface area contributed by atoms with Gasteiger partial charge in [0, 0.05) is 18.5 Å². The molecule has 0 radical (unpaired) electrons. The van der Waals surface area contributed by atoms with E-state index in [-0.39, 0.29) is 31.5 Å². The van der Waals surface area contributed by atoms with Gasteiger partial charge in [-0.2, -0.15) is 5.26 Å². The van der Waals surface area contributed by atoms with Gasteiger partial charge in [-0.25, -0.2) is 18.0 Å². The van der Waals surface area contributed by atoms with Crippen molar-refractivity contribution in [1.29, 1.82) is 5.26 Å². The van der Waals surface area contributed by atoms with Crippen LogP contribution in [0.25, 0.3) is 0 Å². The molecular weight excluding hydrogens is 492 g/mol. The Kier molecular flexibility index (Phi) is 8.89. The predicted octanol–water partition coefficient (Wildman–Crippen LogP) is 1.45. The molecule has 2 heterocycles. The van der Waals surface area contributed by atoms with Crippen molar-refractivity contribution in [1.82, 2.24) is 15.1 Å². The van der Waals surface area contributed by atoms with Crippen molar-refractivity contribution in [3.63, 3.8) is 0 Å². The summed E-state index contributed by atoms with van der Waals surface area (Å²) in [5, 5.41) is 31.1. The number of carbonyl (C=O) groups excluding carboxylic acids is 2. The van der Waals surface area contributed by atoms with Crippen molar-refractivity contribution in [2.45, 2.75) is 56.4 Å². The van der Waals surface area contributed by atoms with E-state index in [1.807, 2.05) is 0 Å². The number of benzene rings is 1. The molecule has 200 valence electrons. The molecule has 1 aromatic carbocycles. The zero-order chi connectivity index (χ0) is 27.4. The van der Waals surface area contributed by atoms with Gasteiger partial charge < -0.3 is 25.0 Å². The largest absolute Gasteiger partial charge is 0.475 e. The monoisotopic (exact) mass is 522 g/mol. The Morgan fingerprint density at radius 3 is 2.57 bits per heavy atom. The number of alkyl halides is 3. The van der Waals surface area contributed by atoms with Crippen LogP contribution in [0, 0.1) is 11.3 Å². The fourth-order valence-electron chi connectivity index (χ4n) is 4.42. The third-order valence-electron chi connectivity index (χ3n) is 6.54. The first-order valence-electron chi connectivity index (χ1n) is 11.9. The van der Waals surface area contributed by atoms with Crippen molar-refractivity contribution >= 4 is 19.1 Å². The molecule has 3 N–H and O–H groups in total. The van der Waals surface area contributed by atoms with Crippen LogP contribution in [0.4, 0.5) is 18.0 Å². The topological polar surface area (TPSA) is 126 Å². The summed E-state index contributed by atoms with van der Waals surface area (Å²) in [6, 6.07) is 10.5. The first-order valence-corrected chi connectivity index (χ1v) is 11.9. The third-order valence-corrected chi connectivity index (χ3v) is 6.54. The van der Waals surface area contributed by atoms with Gasteiger partial charge in [0.1, 0.15) is 11.6 Å². The Balaban J connectivity index is 1.61. The van der Waals surface area contributed by atoms with Gasteiger partial charge in [-0.1, -0.05) is 30.3 Å². The Hall–Kier alpha value is -3.08. The maximum absolute atomic E-state index is 14.6. The van der Waals surface area contributed by atoms with Crippen LogP contribution in [0.15, 0.2) is 42.0 Å². The number of likely N-dealkylation sites (tertiary alicyclic amines) is 2. The number of ether oxygens (including phenoxy) is 1. The van der Waals surface area contributed by atoms with E-state index in [4.69, 9.17) is 4.74 Å². The van der Waals surface area contributed by atoms with Gasteiger partial charge in [-0.3, -0.25) is 9.69 Å². The van der Waals surface area contributed by atoms with E-state index in [1.54, 1.807) is 50.2 Å². The summed E-state index contributed by atoms with van der Waals surface area (Å²) in [7, 11) is -1.90. The number of rotatable bonds is 8. The summed E-state index contributed by atoms with van der Waals surface area (Å²) in [4.78, 5) is 27.8. The number of hydrogen-bond acceptors (Lipinski definition) is 7. The van der Waals surface area contributed by atoms with E-state index in [1.165, 1.54) is 11.0 Å². The minimum absolute atomic E-state index is 0.0804. The van der Waals surface area contributed by atoms with Crippen LogP contribution in [0.3, 0.4) is 0 Å². The number of nitrogens with zero attached hydrogens (tertiary/aromatic N) is 3. The van der Waals surface area contributed by atoms with E-state index < -0.39 is 61.9 Å². The van der Waals surface area contributed by atoms with E-state index in [0.29, 0.717) is 0 Å². The normalized spacial score (nSPS) is 22.9. The number of carbonyl (C=O) groups is 2. The lowest BCUT2D eigenvalue weighted by molar-refractivity contribution is -0.126. The van der Waals surface area contributed by atoms with Crippen molar-refractivity contribution < 1.29 is 37.5 Å². The van der Waals surface area contributed by atoms with Crippen molar-refractivity contribution in [3.8, 4) is 6.07 Å². The molecule has 3 atom stereocenters. The summed E-state index contributed by atoms with van der Waals surface area (Å²) in [6.07, 6.45) is -3.13. The van der Waals surface area contributed by atoms with Gasteiger partial charge in [-0.15, -0.1) is 0 Å². The number of alkyl carbamates (subject to hydrolysis) is 1. The fourth-order valence-corrected chi connectivity index (χ4v) is 4.42. The zero-order valence-corrected chi connectivity index (χ0v) is 20.6. The molecule has 37 heavy (non-hydrogen) atoms. The van der Waals surface area contributed by atoms with Gasteiger partial charge in [0.25, 0.3) is 11.8 Å². The molecule has 0 bridgehead atoms. The molecule has 0 saturated carbocycles. The highest BCUT2D eigenvalue weighted by atomic mass is 19.3. The van der Waals surface area contributed by atoms with Crippen LogP contribution in [0.5, 0.6) is 0 Å². The van der Waals surface area contributed by atoms with Crippen LogP contribution in [0.2, 0.25) is 0 Å². The lowest BCUT2D eigenvalue weighted by Gasteiger charge is -2.33. The third kappa shape index (κ3) is 7.47. The zero-order valence-electron chi connectivity index (χ0n) is 20.6. The molecule has 0 unspecified atom stereocenters. The van der Waals surface area contributed by atoms with Gasteiger partial charge in [0.05, 0.1) is 25.6 Å². The molecule has 0 spiro atoms. The quantitative estimate of drug-likeness (QED) is 0.268. The van der Waals surface area contributed by atoms with E-state index in [2.05, 4.69) is 5.32 Å². The second-order valence-corrected chi connectivity index (χ2v) is 9.88. The summed E-state index contributed by atoms with van der Waals surface area (Å²) in [5.41, 5.74) is -0.633. The Morgan fingerprint density at radius 1 is 1.32 bits per heavy atom. The summed E-state index contributed by atoms with van der Waals surface area (Å²) in [5.74, 6) is -4.78. The maximum atomic E-state index is 14.6. The highest BCUT2D eigenvalue weighted by Crippen LogP contribution is 2.33. The van der Waals surface area contributed by atoms with Crippen LogP contribution in [-0.2, 0) is 16.0 Å². The molecule has 2 saturated heterocycles. The molecule has 0 aromatic heterocycles. The van der Waals surface area contributed by atoms with Crippen LogP contribution < -0.4 is 5.32 Å². The minimum atomic E-state index is -2.85. The SMILES string of the molecule is CC(C)(C=C(C#N)C(=O)N1C[C@@H](F)[C@@H](OC(=O)N[C@@H](Cc2ccccc2)B(O)O)C1)N1CCC(F)(F)C1. The Morgan fingerprint density at radius 2 is 2.00 bits per heavy atom. The van der Waals surface area contributed by atoms with Gasteiger partial charge >= 0.3 is 13.2 Å².